The number of rotatable bonds is 8. The molecule has 6 aliphatic rings. The number of hydrogen-bond donors (Lipinski definition) is 0. The van der Waals surface area contributed by atoms with Crippen molar-refractivity contribution in [3.8, 4) is 22.3 Å². The smallest absolute Gasteiger partial charge is 0.0726 e. The highest BCUT2D eigenvalue weighted by molar-refractivity contribution is 6.00. The van der Waals surface area contributed by atoms with Crippen molar-refractivity contribution in [3.63, 3.8) is 0 Å². The van der Waals surface area contributed by atoms with E-state index in [-0.39, 0.29) is 0 Å². The quantitative estimate of drug-likeness (QED) is 0.141. The summed E-state index contributed by atoms with van der Waals surface area (Å²) in [4.78, 5) is 5.26. The highest BCUT2D eigenvalue weighted by atomic mass is 15.2. The molecule has 6 aromatic rings. The van der Waals surface area contributed by atoms with E-state index in [0.717, 1.165) is 44.9 Å². The van der Waals surface area contributed by atoms with E-state index < -0.39 is 5.41 Å². The van der Waals surface area contributed by atoms with E-state index in [1.807, 2.05) is 0 Å². The van der Waals surface area contributed by atoms with E-state index in [9.17, 15) is 0 Å². The second-order valence-electron chi connectivity index (χ2n) is 18.3. The van der Waals surface area contributed by atoms with Gasteiger partial charge in [0.2, 0.25) is 0 Å². The third kappa shape index (κ3) is 6.29. The lowest BCUT2D eigenvalue weighted by Crippen LogP contribution is -2.35. The van der Waals surface area contributed by atoms with Crippen molar-refractivity contribution in [2.24, 2.45) is 0 Å². The van der Waals surface area contributed by atoms with Crippen LogP contribution in [0.15, 0.2) is 206 Å². The van der Waals surface area contributed by atoms with Crippen molar-refractivity contribution >= 4 is 22.6 Å². The Morgan fingerprint density at radius 3 is 2.08 bits per heavy atom. The molecule has 0 aromatic heterocycles. The van der Waals surface area contributed by atoms with Gasteiger partial charge in [0.1, 0.15) is 0 Å². The highest BCUT2D eigenvalue weighted by Crippen LogP contribution is 2.65. The van der Waals surface area contributed by atoms with Gasteiger partial charge in [0.25, 0.3) is 0 Å². The Kier molecular flexibility index (Phi) is 9.62. The first-order valence-corrected chi connectivity index (χ1v) is 23.6. The summed E-state index contributed by atoms with van der Waals surface area (Å²) >= 11 is 0. The van der Waals surface area contributed by atoms with Gasteiger partial charge >= 0.3 is 0 Å². The van der Waals surface area contributed by atoms with Crippen molar-refractivity contribution in [2.75, 3.05) is 9.80 Å². The molecule has 0 heterocycles. The summed E-state index contributed by atoms with van der Waals surface area (Å²) in [5.74, 6) is 0.428. The van der Waals surface area contributed by atoms with Crippen LogP contribution >= 0.6 is 0 Å². The molecule has 3 unspecified atom stereocenters. The summed E-state index contributed by atoms with van der Waals surface area (Å²) in [5, 5.41) is 0. The Morgan fingerprint density at radius 2 is 1.32 bits per heavy atom. The predicted molar refractivity (Wildman–Crippen MR) is 265 cm³/mol. The van der Waals surface area contributed by atoms with Crippen LogP contribution in [0.3, 0.4) is 0 Å². The largest absolute Gasteiger partial charge is 0.342 e. The second kappa shape index (κ2) is 15.9. The molecule has 2 nitrogen and oxygen atoms in total. The fourth-order valence-electron chi connectivity index (χ4n) is 12.0. The van der Waals surface area contributed by atoms with Crippen LogP contribution in [0, 0.1) is 0 Å². The van der Waals surface area contributed by atoms with Gasteiger partial charge in [-0.3, -0.25) is 0 Å². The Morgan fingerprint density at radius 1 is 0.524 bits per heavy atom. The molecule has 3 atom stereocenters. The normalized spacial score (nSPS) is 21.5. The van der Waals surface area contributed by atoms with Crippen molar-refractivity contribution < 1.29 is 0 Å². The number of nitrogens with zero attached hydrogens (tertiary/aromatic N) is 2. The zero-order valence-electron chi connectivity index (χ0n) is 36.1. The molecule has 0 saturated heterocycles. The monoisotopic (exact) mass is 814 g/mol. The summed E-state index contributed by atoms with van der Waals surface area (Å²) in [5.41, 5.74) is 21.4. The molecule has 0 amide bonds. The van der Waals surface area contributed by atoms with Gasteiger partial charge in [-0.2, -0.15) is 0 Å². The van der Waals surface area contributed by atoms with E-state index >= 15 is 0 Å². The van der Waals surface area contributed by atoms with Crippen molar-refractivity contribution in [1.82, 2.24) is 0 Å². The molecule has 6 aromatic carbocycles. The van der Waals surface area contributed by atoms with Gasteiger partial charge in [-0.15, -0.1) is 0 Å². The van der Waals surface area contributed by atoms with Gasteiger partial charge < -0.3 is 9.80 Å². The molecule has 1 spiro atoms. The third-order valence-corrected chi connectivity index (χ3v) is 14.9. The number of allylic oxidation sites excluding steroid dienone is 11. The molecule has 12 rings (SSSR count). The van der Waals surface area contributed by atoms with Crippen LogP contribution in [0.2, 0.25) is 0 Å². The first-order valence-electron chi connectivity index (χ1n) is 23.6. The Bertz CT molecular complexity index is 2920. The third-order valence-electron chi connectivity index (χ3n) is 14.9. The van der Waals surface area contributed by atoms with Crippen LogP contribution in [-0.2, 0) is 5.41 Å². The number of anilines is 3. The zero-order valence-corrected chi connectivity index (χ0v) is 36.1. The summed E-state index contributed by atoms with van der Waals surface area (Å²) in [6.45, 7) is 0. The van der Waals surface area contributed by atoms with Crippen LogP contribution in [0.25, 0.3) is 27.8 Å². The summed E-state index contributed by atoms with van der Waals surface area (Å²) in [6.07, 6.45) is 32.3. The van der Waals surface area contributed by atoms with E-state index in [4.69, 9.17) is 0 Å². The van der Waals surface area contributed by atoms with E-state index in [1.54, 1.807) is 0 Å². The highest BCUT2D eigenvalue weighted by Gasteiger charge is 2.52. The van der Waals surface area contributed by atoms with Gasteiger partial charge in [-0.05, 0) is 162 Å². The Balaban J connectivity index is 1.00. The lowest BCUT2D eigenvalue weighted by Gasteiger charge is -2.37. The van der Waals surface area contributed by atoms with Crippen LogP contribution in [0.1, 0.15) is 104 Å². The fraction of sp³-hybridized carbons (Fsp3) is 0.213. The molecule has 0 radical (unpaired) electrons. The molecule has 63 heavy (non-hydrogen) atoms. The minimum atomic E-state index is -0.435. The number of para-hydroxylation sites is 1. The molecule has 0 aliphatic heterocycles. The van der Waals surface area contributed by atoms with Gasteiger partial charge in [-0.25, -0.2) is 0 Å². The first kappa shape index (κ1) is 38.1. The maximum Gasteiger partial charge on any atom is 0.0726 e. The van der Waals surface area contributed by atoms with Crippen LogP contribution < -0.4 is 9.80 Å². The number of benzene rings is 6. The predicted octanol–water partition coefficient (Wildman–Crippen LogP) is 15.9. The second-order valence-corrected chi connectivity index (χ2v) is 18.3. The molecule has 0 saturated carbocycles. The summed E-state index contributed by atoms with van der Waals surface area (Å²) in [6, 6.07) is 54.2. The maximum atomic E-state index is 2.64. The molecule has 0 fully saturated rings. The van der Waals surface area contributed by atoms with Gasteiger partial charge in [0, 0.05) is 40.3 Å². The summed E-state index contributed by atoms with van der Waals surface area (Å²) < 4.78 is 0. The van der Waals surface area contributed by atoms with Gasteiger partial charge in [0.15, 0.2) is 0 Å². The van der Waals surface area contributed by atoms with Crippen molar-refractivity contribution in [3.05, 3.63) is 239 Å². The SMILES string of the molecule is C1=CCC(c2ccc(N(C3=CCCCC3)c3cccc4c3-c3ccccc3C43c4ccccc4-c4ccc(C5=CC=C(N(c6ccccc6)C6CC=CCC6)CC5)cc43)cc2)C=C1. The molecule has 6 aliphatic carbocycles. The molecule has 0 N–H and O–H groups in total. The first-order chi connectivity index (χ1) is 31.3. The number of hydrogen-bond acceptors (Lipinski definition) is 2. The van der Waals surface area contributed by atoms with Crippen LogP contribution in [0.5, 0.6) is 0 Å². The Hall–Kier alpha value is -6.64. The standard InChI is InChI=1S/C61H54N2/c1-5-18-43(19-6-1)44-32-39-51(40-33-44)63(49-24-11-4-12-25-49)59-31-17-30-57-60(59)54-27-14-16-29-56(54)61(57)55-28-15-13-26-52(55)53-41-36-46(42-58(53)61)45-34-37-50(38-35-45)62(47-20-7-2-8-21-47)48-22-9-3-10-23-48/h1-3,5-9,13-18,20-21,24,26-34,36-37,39-43,48H,4,10-12,19,22-23,25,35,38H2. The van der Waals surface area contributed by atoms with Crippen molar-refractivity contribution in [2.45, 2.75) is 81.6 Å². The van der Waals surface area contributed by atoms with E-state index in [2.05, 4.69) is 204 Å². The van der Waals surface area contributed by atoms with E-state index in [0.29, 0.717) is 12.0 Å². The minimum Gasteiger partial charge on any atom is -0.342 e. The van der Waals surface area contributed by atoms with E-state index in [1.165, 1.54) is 109 Å². The number of fused-ring (bicyclic) bond motifs is 10. The summed E-state index contributed by atoms with van der Waals surface area (Å²) in [7, 11) is 0. The van der Waals surface area contributed by atoms with Crippen LogP contribution in [0.4, 0.5) is 17.1 Å². The Labute approximate surface area is 373 Å². The molecular formula is C61H54N2. The average Bonchev–Trinajstić information content (AvgIpc) is 3.83. The van der Waals surface area contributed by atoms with Crippen LogP contribution in [-0.4, -0.2) is 6.04 Å². The topological polar surface area (TPSA) is 6.48 Å². The maximum absolute atomic E-state index is 2.64. The molecule has 2 heteroatoms. The van der Waals surface area contributed by atoms with Gasteiger partial charge in [-0.1, -0.05) is 152 Å². The lowest BCUT2D eigenvalue weighted by molar-refractivity contribution is 0.566. The molecule has 0 bridgehead atoms. The van der Waals surface area contributed by atoms with Gasteiger partial charge in [0.05, 0.1) is 11.1 Å². The minimum absolute atomic E-state index is 0.428. The lowest BCUT2D eigenvalue weighted by atomic mass is 9.70. The average molecular weight is 815 g/mol. The van der Waals surface area contributed by atoms with Crippen molar-refractivity contribution in [1.29, 1.82) is 0 Å². The molecular weight excluding hydrogens is 761 g/mol. The fourth-order valence-corrected chi connectivity index (χ4v) is 12.0. The molecule has 308 valence electrons. The zero-order chi connectivity index (χ0) is 41.7.